The second kappa shape index (κ2) is 4.88. The van der Waals surface area contributed by atoms with E-state index >= 15 is 0 Å². The minimum atomic E-state index is -0.196. The van der Waals surface area contributed by atoms with Crippen LogP contribution in [0.2, 0.25) is 0 Å². The molecular formula is C10H9BrFN3S. The number of halogens is 2. The predicted octanol–water partition coefficient (Wildman–Crippen LogP) is 3.08. The molecule has 3 nitrogen and oxygen atoms in total. The third-order valence-electron chi connectivity index (χ3n) is 2.08. The molecule has 1 aromatic carbocycles. The van der Waals surface area contributed by atoms with Crippen LogP contribution in [0.3, 0.4) is 0 Å². The van der Waals surface area contributed by atoms with Crippen LogP contribution in [0.1, 0.15) is 5.56 Å². The molecular weight excluding hydrogens is 293 g/mol. The smallest absolute Gasteiger partial charge is 0.209 e. The van der Waals surface area contributed by atoms with Gasteiger partial charge in [0.1, 0.15) is 5.82 Å². The van der Waals surface area contributed by atoms with Gasteiger partial charge in [-0.05, 0) is 22.0 Å². The van der Waals surface area contributed by atoms with Gasteiger partial charge in [0, 0.05) is 19.2 Å². The number of hydrogen-bond acceptors (Lipinski definition) is 4. The molecule has 6 heteroatoms. The lowest BCUT2D eigenvalue weighted by Gasteiger charge is -2.15. The van der Waals surface area contributed by atoms with Crippen LogP contribution in [0.15, 0.2) is 28.2 Å². The number of nitrogens with zero attached hydrogens (tertiary/aromatic N) is 3. The first-order valence-corrected chi connectivity index (χ1v) is 6.21. The van der Waals surface area contributed by atoms with E-state index in [0.717, 1.165) is 9.05 Å². The second-order valence-corrected chi connectivity index (χ2v) is 5.52. The van der Waals surface area contributed by atoms with Crippen molar-refractivity contribution in [1.29, 1.82) is 0 Å². The second-order valence-electron chi connectivity index (χ2n) is 3.29. The maximum Gasteiger partial charge on any atom is 0.209 e. The number of aromatic nitrogens is 2. The number of benzene rings is 1. The van der Waals surface area contributed by atoms with Gasteiger partial charge in [-0.3, -0.25) is 0 Å². The molecule has 1 heterocycles. The van der Waals surface area contributed by atoms with Gasteiger partial charge in [0.15, 0.2) is 3.92 Å². The first-order chi connectivity index (χ1) is 7.66. The normalized spacial score (nSPS) is 10.4. The maximum atomic E-state index is 13.4. The standard InChI is InChI=1S/C10H9BrFN3S/c1-15(10-14-13-9(11)16-10)6-7-4-2-3-5-8(7)12/h2-5H,6H2,1H3. The van der Waals surface area contributed by atoms with E-state index in [4.69, 9.17) is 0 Å². The summed E-state index contributed by atoms with van der Waals surface area (Å²) in [4.78, 5) is 1.86. The summed E-state index contributed by atoms with van der Waals surface area (Å²) in [6.45, 7) is 0.480. The molecule has 0 saturated heterocycles. The molecule has 0 aliphatic carbocycles. The molecule has 0 unspecified atom stereocenters. The minimum Gasteiger partial charge on any atom is -0.345 e. The maximum absolute atomic E-state index is 13.4. The van der Waals surface area contributed by atoms with Crippen LogP contribution in [0.25, 0.3) is 0 Å². The van der Waals surface area contributed by atoms with Crippen LogP contribution < -0.4 is 4.90 Å². The van der Waals surface area contributed by atoms with Crippen molar-refractivity contribution in [1.82, 2.24) is 10.2 Å². The highest BCUT2D eigenvalue weighted by Gasteiger charge is 2.09. The van der Waals surface area contributed by atoms with E-state index in [0.29, 0.717) is 12.1 Å². The summed E-state index contributed by atoms with van der Waals surface area (Å²) in [6.07, 6.45) is 0. The van der Waals surface area contributed by atoms with E-state index in [1.807, 2.05) is 18.0 Å². The SMILES string of the molecule is CN(Cc1ccccc1F)c1nnc(Br)s1. The predicted molar refractivity (Wildman–Crippen MR) is 66.1 cm³/mol. The fourth-order valence-electron chi connectivity index (χ4n) is 1.30. The lowest BCUT2D eigenvalue weighted by molar-refractivity contribution is 0.607. The average Bonchev–Trinajstić information content (AvgIpc) is 2.68. The Labute approximate surface area is 105 Å². The van der Waals surface area contributed by atoms with Gasteiger partial charge in [0.25, 0.3) is 0 Å². The molecule has 0 N–H and O–H groups in total. The Balaban J connectivity index is 2.13. The Bertz CT molecular complexity index is 488. The quantitative estimate of drug-likeness (QED) is 0.872. The molecule has 0 aliphatic heterocycles. The summed E-state index contributed by atoms with van der Waals surface area (Å²) in [6, 6.07) is 6.73. The van der Waals surface area contributed by atoms with Crippen LogP contribution in [-0.4, -0.2) is 17.2 Å². The molecule has 0 aliphatic rings. The van der Waals surface area contributed by atoms with Crippen molar-refractivity contribution in [3.8, 4) is 0 Å². The van der Waals surface area contributed by atoms with Crippen LogP contribution in [-0.2, 0) is 6.54 Å². The number of rotatable bonds is 3. The van der Waals surface area contributed by atoms with E-state index < -0.39 is 0 Å². The van der Waals surface area contributed by atoms with Gasteiger partial charge in [-0.1, -0.05) is 29.5 Å². The summed E-state index contributed by atoms with van der Waals surface area (Å²) < 4.78 is 14.1. The third-order valence-corrected chi connectivity index (χ3v) is 3.55. The zero-order valence-electron chi connectivity index (χ0n) is 8.52. The minimum absolute atomic E-state index is 0.196. The summed E-state index contributed by atoms with van der Waals surface area (Å²) in [5, 5.41) is 8.58. The van der Waals surface area contributed by atoms with E-state index in [-0.39, 0.29) is 5.82 Å². The van der Waals surface area contributed by atoms with Crippen LogP contribution in [0.4, 0.5) is 9.52 Å². The zero-order chi connectivity index (χ0) is 11.5. The summed E-state index contributed by atoms with van der Waals surface area (Å²) in [7, 11) is 1.86. The largest absolute Gasteiger partial charge is 0.345 e. The third kappa shape index (κ3) is 2.56. The molecule has 0 amide bonds. The first kappa shape index (κ1) is 11.5. The molecule has 0 bridgehead atoms. The Morgan fingerprint density at radius 2 is 2.12 bits per heavy atom. The van der Waals surface area contributed by atoms with Gasteiger partial charge >= 0.3 is 0 Å². The monoisotopic (exact) mass is 301 g/mol. The van der Waals surface area contributed by atoms with E-state index in [1.54, 1.807) is 12.1 Å². The highest BCUT2D eigenvalue weighted by molar-refractivity contribution is 9.11. The highest BCUT2D eigenvalue weighted by Crippen LogP contribution is 2.24. The molecule has 0 fully saturated rings. The van der Waals surface area contributed by atoms with Crippen molar-refractivity contribution < 1.29 is 4.39 Å². The van der Waals surface area contributed by atoms with Crippen LogP contribution in [0.5, 0.6) is 0 Å². The first-order valence-electron chi connectivity index (χ1n) is 4.60. The Morgan fingerprint density at radius 1 is 1.38 bits per heavy atom. The molecule has 16 heavy (non-hydrogen) atoms. The molecule has 2 aromatic rings. The number of hydrogen-bond donors (Lipinski definition) is 0. The fraction of sp³-hybridized carbons (Fsp3) is 0.200. The lowest BCUT2D eigenvalue weighted by atomic mass is 10.2. The zero-order valence-corrected chi connectivity index (χ0v) is 10.9. The summed E-state index contributed by atoms with van der Waals surface area (Å²) in [5.74, 6) is -0.196. The van der Waals surface area contributed by atoms with Crippen molar-refractivity contribution in [3.63, 3.8) is 0 Å². The van der Waals surface area contributed by atoms with Gasteiger partial charge in [-0.25, -0.2) is 4.39 Å². The molecule has 0 atom stereocenters. The van der Waals surface area contributed by atoms with Crippen molar-refractivity contribution in [3.05, 3.63) is 39.6 Å². The average molecular weight is 302 g/mol. The summed E-state index contributed by atoms with van der Waals surface area (Å²) in [5.41, 5.74) is 0.649. The van der Waals surface area contributed by atoms with Crippen molar-refractivity contribution in [2.75, 3.05) is 11.9 Å². The Hall–Kier alpha value is -1.01. The van der Waals surface area contributed by atoms with Crippen molar-refractivity contribution in [2.24, 2.45) is 0 Å². The van der Waals surface area contributed by atoms with Gasteiger partial charge < -0.3 is 4.90 Å². The van der Waals surface area contributed by atoms with Crippen molar-refractivity contribution in [2.45, 2.75) is 6.54 Å². The molecule has 2 rings (SSSR count). The topological polar surface area (TPSA) is 29.0 Å². The Kier molecular flexibility index (Phi) is 3.50. The van der Waals surface area contributed by atoms with E-state index in [2.05, 4.69) is 26.1 Å². The van der Waals surface area contributed by atoms with Crippen LogP contribution in [0, 0.1) is 5.82 Å². The highest BCUT2D eigenvalue weighted by atomic mass is 79.9. The molecule has 0 spiro atoms. The number of anilines is 1. The molecule has 84 valence electrons. The lowest BCUT2D eigenvalue weighted by Crippen LogP contribution is -2.16. The van der Waals surface area contributed by atoms with Gasteiger partial charge in [0.05, 0.1) is 0 Å². The molecule has 0 saturated carbocycles. The van der Waals surface area contributed by atoms with Gasteiger partial charge in [-0.2, -0.15) is 0 Å². The molecule has 0 radical (unpaired) electrons. The Morgan fingerprint density at radius 3 is 2.75 bits per heavy atom. The summed E-state index contributed by atoms with van der Waals surface area (Å²) >= 11 is 4.66. The van der Waals surface area contributed by atoms with E-state index in [1.165, 1.54) is 17.4 Å². The van der Waals surface area contributed by atoms with Gasteiger partial charge in [-0.15, -0.1) is 10.2 Å². The molecule has 1 aromatic heterocycles. The van der Waals surface area contributed by atoms with Crippen molar-refractivity contribution >= 4 is 32.4 Å². The fourth-order valence-corrected chi connectivity index (χ4v) is 2.35. The van der Waals surface area contributed by atoms with Crippen LogP contribution >= 0.6 is 27.3 Å². The van der Waals surface area contributed by atoms with Gasteiger partial charge in [0.2, 0.25) is 5.13 Å². The van der Waals surface area contributed by atoms with E-state index in [9.17, 15) is 4.39 Å².